The fourth-order valence-corrected chi connectivity index (χ4v) is 2.62. The molecule has 0 aliphatic carbocycles. The summed E-state index contributed by atoms with van der Waals surface area (Å²) < 4.78 is 10.6. The third kappa shape index (κ3) is 3.74. The lowest BCUT2D eigenvalue weighted by atomic mass is 10.1. The van der Waals surface area contributed by atoms with Crippen molar-refractivity contribution in [2.45, 2.75) is 19.4 Å². The van der Waals surface area contributed by atoms with Crippen LogP contribution in [0.3, 0.4) is 0 Å². The van der Waals surface area contributed by atoms with Gasteiger partial charge in [0.05, 0.1) is 12.8 Å². The van der Waals surface area contributed by atoms with Gasteiger partial charge in [0.1, 0.15) is 11.5 Å². The van der Waals surface area contributed by atoms with E-state index in [-0.39, 0.29) is 18.6 Å². The highest BCUT2D eigenvalue weighted by Crippen LogP contribution is 2.30. The first kappa shape index (κ1) is 15.2. The molecule has 0 radical (unpaired) electrons. The van der Waals surface area contributed by atoms with Crippen LogP contribution in [-0.4, -0.2) is 25.7 Å². The van der Waals surface area contributed by atoms with E-state index in [1.165, 1.54) is 5.56 Å². The summed E-state index contributed by atoms with van der Waals surface area (Å²) in [6.07, 6.45) is 0.901. The van der Waals surface area contributed by atoms with Gasteiger partial charge in [-0.2, -0.15) is 0 Å². The van der Waals surface area contributed by atoms with Crippen LogP contribution in [0.2, 0.25) is 0 Å². The molecule has 2 aromatic carbocycles. The van der Waals surface area contributed by atoms with Gasteiger partial charge in [-0.05, 0) is 43.2 Å². The Morgan fingerprint density at radius 1 is 1.26 bits per heavy atom. The molecular formula is C18H20N2O3. The first-order chi connectivity index (χ1) is 11.1. The van der Waals surface area contributed by atoms with Crippen LogP contribution < -0.4 is 20.1 Å². The van der Waals surface area contributed by atoms with Crippen molar-refractivity contribution in [2.24, 2.45) is 0 Å². The lowest BCUT2D eigenvalue weighted by Gasteiger charge is -2.20. The zero-order valence-electron chi connectivity index (χ0n) is 13.3. The first-order valence-corrected chi connectivity index (χ1v) is 7.60. The third-order valence-corrected chi connectivity index (χ3v) is 3.73. The van der Waals surface area contributed by atoms with E-state index in [1.807, 2.05) is 30.3 Å². The minimum atomic E-state index is -0.119. The standard InChI is InChI=1S/C18H20N2O3/c1-12(9-13-3-6-15(22-2)7-4-13)19-14-5-8-16-17(10-14)23-11-18(21)20-16/h3-8,10,12,19H,9,11H2,1-2H3,(H,20,21)/t12-/m1/s1. The number of carbonyl (C=O) groups is 1. The number of rotatable bonds is 5. The van der Waals surface area contributed by atoms with E-state index in [9.17, 15) is 4.79 Å². The number of ether oxygens (including phenoxy) is 2. The van der Waals surface area contributed by atoms with E-state index < -0.39 is 0 Å². The number of fused-ring (bicyclic) bond motifs is 1. The number of hydrogen-bond acceptors (Lipinski definition) is 4. The van der Waals surface area contributed by atoms with Gasteiger partial charge in [0.2, 0.25) is 0 Å². The van der Waals surface area contributed by atoms with Crippen molar-refractivity contribution in [1.82, 2.24) is 0 Å². The van der Waals surface area contributed by atoms with Gasteiger partial charge >= 0.3 is 0 Å². The Hall–Kier alpha value is -2.69. The molecule has 0 spiro atoms. The van der Waals surface area contributed by atoms with Crippen molar-refractivity contribution >= 4 is 17.3 Å². The molecule has 1 aliphatic rings. The average Bonchev–Trinajstić information content (AvgIpc) is 2.55. The molecule has 2 N–H and O–H groups in total. The van der Waals surface area contributed by atoms with Crippen molar-refractivity contribution in [3.63, 3.8) is 0 Å². The Kier molecular flexibility index (Phi) is 4.37. The number of nitrogens with one attached hydrogen (secondary N) is 2. The van der Waals surface area contributed by atoms with E-state index >= 15 is 0 Å². The molecule has 0 fully saturated rings. The molecule has 0 aromatic heterocycles. The second kappa shape index (κ2) is 6.60. The Bertz CT molecular complexity index is 698. The highest BCUT2D eigenvalue weighted by Gasteiger charge is 2.16. The summed E-state index contributed by atoms with van der Waals surface area (Å²) in [4.78, 5) is 11.3. The van der Waals surface area contributed by atoms with E-state index in [4.69, 9.17) is 9.47 Å². The van der Waals surface area contributed by atoms with Crippen LogP contribution in [0.1, 0.15) is 12.5 Å². The second-order valence-electron chi connectivity index (χ2n) is 5.65. The number of benzene rings is 2. The molecule has 2 aromatic rings. The molecule has 5 heteroatoms. The molecular weight excluding hydrogens is 292 g/mol. The van der Waals surface area contributed by atoms with Crippen molar-refractivity contribution in [1.29, 1.82) is 0 Å². The molecule has 5 nitrogen and oxygen atoms in total. The largest absolute Gasteiger partial charge is 0.497 e. The van der Waals surface area contributed by atoms with Crippen molar-refractivity contribution in [3.05, 3.63) is 48.0 Å². The molecule has 1 heterocycles. The third-order valence-electron chi connectivity index (χ3n) is 3.73. The summed E-state index contributed by atoms with van der Waals surface area (Å²) in [5.41, 5.74) is 2.93. The predicted octanol–water partition coefficient (Wildman–Crippen LogP) is 3.07. The molecule has 1 amide bonds. The fourth-order valence-electron chi connectivity index (χ4n) is 2.62. The Labute approximate surface area is 135 Å². The summed E-state index contributed by atoms with van der Waals surface area (Å²) in [6.45, 7) is 2.20. The minimum absolute atomic E-state index is 0.0673. The lowest BCUT2D eigenvalue weighted by Crippen LogP contribution is -2.25. The van der Waals surface area contributed by atoms with Crippen LogP contribution in [0.15, 0.2) is 42.5 Å². The van der Waals surface area contributed by atoms with Crippen LogP contribution in [0.5, 0.6) is 11.5 Å². The summed E-state index contributed by atoms with van der Waals surface area (Å²) in [6, 6.07) is 14.1. The summed E-state index contributed by atoms with van der Waals surface area (Å²) in [5, 5.41) is 6.24. The molecule has 3 rings (SSSR count). The van der Waals surface area contributed by atoms with Crippen LogP contribution in [0.25, 0.3) is 0 Å². The van der Waals surface area contributed by atoms with Crippen LogP contribution in [0, 0.1) is 0 Å². The fraction of sp³-hybridized carbons (Fsp3) is 0.278. The summed E-state index contributed by atoms with van der Waals surface area (Å²) in [5.74, 6) is 1.44. The van der Waals surface area contributed by atoms with E-state index in [0.717, 1.165) is 23.5 Å². The quantitative estimate of drug-likeness (QED) is 0.891. The highest BCUT2D eigenvalue weighted by molar-refractivity contribution is 5.95. The highest BCUT2D eigenvalue weighted by atomic mass is 16.5. The molecule has 0 saturated heterocycles. The molecule has 1 aliphatic heterocycles. The second-order valence-corrected chi connectivity index (χ2v) is 5.65. The molecule has 0 bridgehead atoms. The normalized spacial score (nSPS) is 14.3. The van der Waals surface area contributed by atoms with Gasteiger partial charge in [0.15, 0.2) is 6.61 Å². The number of methoxy groups -OCH3 is 1. The topological polar surface area (TPSA) is 59.6 Å². The van der Waals surface area contributed by atoms with Gasteiger partial charge in [-0.25, -0.2) is 0 Å². The Morgan fingerprint density at radius 2 is 2.04 bits per heavy atom. The van der Waals surface area contributed by atoms with Crippen molar-refractivity contribution in [3.8, 4) is 11.5 Å². The average molecular weight is 312 g/mol. The summed E-state index contributed by atoms with van der Waals surface area (Å²) >= 11 is 0. The van der Waals surface area contributed by atoms with Crippen molar-refractivity contribution < 1.29 is 14.3 Å². The smallest absolute Gasteiger partial charge is 0.262 e. The van der Waals surface area contributed by atoms with Gasteiger partial charge in [-0.15, -0.1) is 0 Å². The number of anilines is 2. The maximum atomic E-state index is 11.3. The zero-order valence-corrected chi connectivity index (χ0v) is 13.3. The van der Waals surface area contributed by atoms with Crippen molar-refractivity contribution in [2.75, 3.05) is 24.4 Å². The van der Waals surface area contributed by atoms with E-state index in [2.05, 4.69) is 29.7 Å². The van der Waals surface area contributed by atoms with Crippen LogP contribution >= 0.6 is 0 Å². The minimum Gasteiger partial charge on any atom is -0.497 e. The first-order valence-electron chi connectivity index (χ1n) is 7.60. The van der Waals surface area contributed by atoms with Gasteiger partial charge in [-0.1, -0.05) is 12.1 Å². The van der Waals surface area contributed by atoms with Gasteiger partial charge in [0.25, 0.3) is 5.91 Å². The van der Waals surface area contributed by atoms with Gasteiger partial charge < -0.3 is 20.1 Å². The van der Waals surface area contributed by atoms with Crippen LogP contribution in [-0.2, 0) is 11.2 Å². The predicted molar refractivity (Wildman–Crippen MR) is 90.3 cm³/mol. The van der Waals surface area contributed by atoms with E-state index in [0.29, 0.717) is 5.75 Å². The Balaban J connectivity index is 1.63. The molecule has 23 heavy (non-hydrogen) atoms. The Morgan fingerprint density at radius 3 is 2.78 bits per heavy atom. The molecule has 1 atom stereocenters. The zero-order chi connectivity index (χ0) is 16.2. The number of carbonyl (C=O) groups excluding carboxylic acids is 1. The molecule has 0 unspecified atom stereocenters. The SMILES string of the molecule is COc1ccc(C[C@@H](C)Nc2ccc3c(c2)OCC(=O)N3)cc1. The molecule has 0 saturated carbocycles. The maximum absolute atomic E-state index is 11.3. The van der Waals surface area contributed by atoms with Crippen LogP contribution in [0.4, 0.5) is 11.4 Å². The molecule has 120 valence electrons. The number of amides is 1. The van der Waals surface area contributed by atoms with Gasteiger partial charge in [0, 0.05) is 17.8 Å². The lowest BCUT2D eigenvalue weighted by molar-refractivity contribution is -0.118. The number of hydrogen-bond donors (Lipinski definition) is 2. The van der Waals surface area contributed by atoms with E-state index in [1.54, 1.807) is 7.11 Å². The summed E-state index contributed by atoms with van der Waals surface area (Å²) in [7, 11) is 1.67. The van der Waals surface area contributed by atoms with Gasteiger partial charge in [-0.3, -0.25) is 4.79 Å². The monoisotopic (exact) mass is 312 g/mol. The maximum Gasteiger partial charge on any atom is 0.262 e.